The van der Waals surface area contributed by atoms with Gasteiger partial charge in [0.1, 0.15) is 5.82 Å². The van der Waals surface area contributed by atoms with Gasteiger partial charge >= 0.3 is 6.03 Å². The van der Waals surface area contributed by atoms with E-state index in [2.05, 4.69) is 39.1 Å². The molecule has 0 unspecified atom stereocenters. The van der Waals surface area contributed by atoms with E-state index in [1.807, 2.05) is 42.7 Å². The summed E-state index contributed by atoms with van der Waals surface area (Å²) in [7, 11) is 1.89. The zero-order valence-corrected chi connectivity index (χ0v) is 16.5. The van der Waals surface area contributed by atoms with Crippen LogP contribution in [0.2, 0.25) is 0 Å². The number of hydrogen-bond donors (Lipinski definition) is 1. The van der Waals surface area contributed by atoms with Crippen LogP contribution in [0.25, 0.3) is 22.0 Å². The third-order valence-electron chi connectivity index (χ3n) is 5.17. The normalized spacial score (nSPS) is 15.4. The number of carbonyl (C=O) groups is 1. The van der Waals surface area contributed by atoms with E-state index < -0.39 is 0 Å². The molecule has 1 N–H and O–H groups in total. The molecular formula is C20H25N7O. The lowest BCUT2D eigenvalue weighted by Crippen LogP contribution is -2.51. The van der Waals surface area contributed by atoms with Crippen LogP contribution < -0.4 is 5.32 Å². The van der Waals surface area contributed by atoms with Crippen LogP contribution in [0, 0.1) is 0 Å². The van der Waals surface area contributed by atoms with Gasteiger partial charge < -0.3 is 4.90 Å². The molecule has 28 heavy (non-hydrogen) atoms. The SMILES string of the molecule is CC(C)N1CCN(C(=O)Nc2cc3cc(-c4cnn(C)c4)cnc3cn2)CC1. The highest BCUT2D eigenvalue weighted by atomic mass is 16.2. The molecule has 8 heteroatoms. The van der Waals surface area contributed by atoms with Crippen molar-refractivity contribution in [1.82, 2.24) is 29.5 Å². The van der Waals surface area contributed by atoms with E-state index in [9.17, 15) is 4.79 Å². The predicted molar refractivity (Wildman–Crippen MR) is 109 cm³/mol. The Morgan fingerprint density at radius 1 is 1.04 bits per heavy atom. The molecule has 2 amide bonds. The Hall–Kier alpha value is -3.00. The van der Waals surface area contributed by atoms with Crippen molar-refractivity contribution in [1.29, 1.82) is 0 Å². The third-order valence-corrected chi connectivity index (χ3v) is 5.17. The number of amides is 2. The van der Waals surface area contributed by atoms with Crippen molar-refractivity contribution < 1.29 is 4.79 Å². The van der Waals surface area contributed by atoms with Gasteiger partial charge in [0.2, 0.25) is 0 Å². The van der Waals surface area contributed by atoms with Crippen molar-refractivity contribution in [3.63, 3.8) is 0 Å². The summed E-state index contributed by atoms with van der Waals surface area (Å²) < 4.78 is 1.76. The van der Waals surface area contributed by atoms with Gasteiger partial charge in [-0.05, 0) is 26.0 Å². The van der Waals surface area contributed by atoms with E-state index in [0.717, 1.165) is 48.2 Å². The van der Waals surface area contributed by atoms with Gasteiger partial charge in [-0.2, -0.15) is 5.10 Å². The van der Waals surface area contributed by atoms with Crippen LogP contribution in [0.15, 0.2) is 36.9 Å². The number of anilines is 1. The molecule has 3 aromatic heterocycles. The Kier molecular flexibility index (Phi) is 4.95. The number of piperazine rings is 1. The maximum Gasteiger partial charge on any atom is 0.323 e. The smallest absolute Gasteiger partial charge is 0.322 e. The second-order valence-corrected chi connectivity index (χ2v) is 7.44. The molecule has 3 aromatic rings. The van der Waals surface area contributed by atoms with Crippen molar-refractivity contribution in [2.45, 2.75) is 19.9 Å². The lowest BCUT2D eigenvalue weighted by Gasteiger charge is -2.36. The summed E-state index contributed by atoms with van der Waals surface area (Å²) in [4.78, 5) is 25.6. The Morgan fingerprint density at radius 2 is 1.82 bits per heavy atom. The second-order valence-electron chi connectivity index (χ2n) is 7.44. The number of nitrogens with zero attached hydrogens (tertiary/aromatic N) is 6. The Labute approximate surface area is 164 Å². The monoisotopic (exact) mass is 379 g/mol. The number of urea groups is 1. The zero-order chi connectivity index (χ0) is 19.7. The first kappa shape index (κ1) is 18.4. The number of nitrogens with one attached hydrogen (secondary N) is 1. The van der Waals surface area contributed by atoms with Crippen LogP contribution >= 0.6 is 0 Å². The second kappa shape index (κ2) is 7.55. The van der Waals surface area contributed by atoms with Crippen LogP contribution in [0.3, 0.4) is 0 Å². The van der Waals surface area contributed by atoms with Gasteiger partial charge in [-0.25, -0.2) is 9.78 Å². The van der Waals surface area contributed by atoms with E-state index in [1.54, 1.807) is 10.9 Å². The highest BCUT2D eigenvalue weighted by Crippen LogP contribution is 2.23. The minimum absolute atomic E-state index is 0.105. The van der Waals surface area contributed by atoms with Crippen molar-refractivity contribution in [3.8, 4) is 11.1 Å². The predicted octanol–water partition coefficient (Wildman–Crippen LogP) is 2.59. The number of fused-ring (bicyclic) bond motifs is 1. The van der Waals surface area contributed by atoms with Crippen LogP contribution in [-0.4, -0.2) is 67.8 Å². The number of aryl methyl sites for hydroxylation is 1. The molecule has 146 valence electrons. The first-order valence-corrected chi connectivity index (χ1v) is 9.54. The highest BCUT2D eigenvalue weighted by molar-refractivity contribution is 5.91. The Bertz CT molecular complexity index is 989. The molecule has 4 rings (SSSR count). The zero-order valence-electron chi connectivity index (χ0n) is 16.5. The molecule has 1 saturated heterocycles. The van der Waals surface area contributed by atoms with E-state index in [1.165, 1.54) is 0 Å². The fraction of sp³-hybridized carbons (Fsp3) is 0.400. The molecule has 1 fully saturated rings. The lowest BCUT2D eigenvalue weighted by atomic mass is 10.1. The van der Waals surface area contributed by atoms with E-state index in [0.29, 0.717) is 11.9 Å². The summed E-state index contributed by atoms with van der Waals surface area (Å²) in [5.74, 6) is 0.536. The lowest BCUT2D eigenvalue weighted by molar-refractivity contribution is 0.125. The number of rotatable bonds is 3. The Balaban J connectivity index is 1.49. The summed E-state index contributed by atoms with van der Waals surface area (Å²) in [5.41, 5.74) is 2.77. The molecular weight excluding hydrogens is 354 g/mol. The quantitative estimate of drug-likeness (QED) is 0.757. The molecule has 0 radical (unpaired) electrons. The number of pyridine rings is 2. The summed E-state index contributed by atoms with van der Waals surface area (Å²) in [6.45, 7) is 7.61. The molecule has 0 saturated carbocycles. The van der Waals surface area contributed by atoms with Gasteiger partial charge in [0.05, 0.1) is 17.9 Å². The summed E-state index contributed by atoms with van der Waals surface area (Å²) >= 11 is 0. The first-order valence-electron chi connectivity index (χ1n) is 9.54. The van der Waals surface area contributed by atoms with Gasteiger partial charge in [0.25, 0.3) is 0 Å². The molecule has 0 aromatic carbocycles. The van der Waals surface area contributed by atoms with E-state index in [4.69, 9.17) is 0 Å². The Morgan fingerprint density at radius 3 is 2.50 bits per heavy atom. The van der Waals surface area contributed by atoms with E-state index >= 15 is 0 Å². The fourth-order valence-electron chi connectivity index (χ4n) is 3.46. The minimum Gasteiger partial charge on any atom is -0.322 e. The van der Waals surface area contributed by atoms with Gasteiger partial charge in [-0.15, -0.1) is 0 Å². The highest BCUT2D eigenvalue weighted by Gasteiger charge is 2.22. The summed E-state index contributed by atoms with van der Waals surface area (Å²) in [5, 5.41) is 8.06. The average Bonchev–Trinajstić information content (AvgIpc) is 3.14. The first-order chi connectivity index (χ1) is 13.5. The van der Waals surface area contributed by atoms with Crippen LogP contribution in [-0.2, 0) is 7.05 Å². The molecule has 8 nitrogen and oxygen atoms in total. The molecule has 0 bridgehead atoms. The third kappa shape index (κ3) is 3.82. The molecule has 0 atom stereocenters. The topological polar surface area (TPSA) is 79.2 Å². The maximum atomic E-state index is 12.6. The van der Waals surface area contributed by atoms with Crippen LogP contribution in [0.5, 0.6) is 0 Å². The number of carbonyl (C=O) groups excluding carboxylic acids is 1. The number of aromatic nitrogens is 4. The van der Waals surface area contributed by atoms with Crippen molar-refractivity contribution in [2.75, 3.05) is 31.5 Å². The van der Waals surface area contributed by atoms with Gasteiger partial charge in [-0.1, -0.05) is 0 Å². The van der Waals surface area contributed by atoms with Gasteiger partial charge in [-0.3, -0.25) is 19.9 Å². The molecule has 1 aliphatic heterocycles. The molecule has 0 spiro atoms. The van der Waals surface area contributed by atoms with Crippen molar-refractivity contribution in [3.05, 3.63) is 36.9 Å². The number of hydrogen-bond acceptors (Lipinski definition) is 5. The van der Waals surface area contributed by atoms with E-state index in [-0.39, 0.29) is 6.03 Å². The van der Waals surface area contributed by atoms with Gasteiger partial charge in [0.15, 0.2) is 0 Å². The van der Waals surface area contributed by atoms with Gasteiger partial charge in [0, 0.05) is 68.2 Å². The maximum absolute atomic E-state index is 12.6. The van der Waals surface area contributed by atoms with Crippen molar-refractivity contribution >= 4 is 22.8 Å². The molecule has 4 heterocycles. The summed E-state index contributed by atoms with van der Waals surface area (Å²) in [6, 6.07) is 4.31. The fourth-order valence-corrected chi connectivity index (χ4v) is 3.46. The largest absolute Gasteiger partial charge is 0.323 e. The molecule has 0 aliphatic carbocycles. The van der Waals surface area contributed by atoms with Crippen LogP contribution in [0.1, 0.15) is 13.8 Å². The summed E-state index contributed by atoms with van der Waals surface area (Å²) in [6.07, 6.45) is 7.26. The minimum atomic E-state index is -0.105. The standard InChI is InChI=1S/C20H25N7O/c1-14(2)26-4-6-27(7-5-26)20(28)24-19-9-15-8-16(10-21-18(15)12-22-19)17-11-23-25(3)13-17/h8-14H,4-7H2,1-3H3,(H,22,24,28). The molecule has 1 aliphatic rings. The average molecular weight is 379 g/mol. The van der Waals surface area contributed by atoms with Crippen LogP contribution in [0.4, 0.5) is 10.6 Å². The van der Waals surface area contributed by atoms with Crippen molar-refractivity contribution in [2.24, 2.45) is 7.05 Å².